The number of aliphatic hydroxyl groups is 1. The lowest BCUT2D eigenvalue weighted by molar-refractivity contribution is 0.0587. The zero-order valence-corrected chi connectivity index (χ0v) is 13.7. The second kappa shape index (κ2) is 8.24. The second-order valence-electron chi connectivity index (χ2n) is 4.70. The lowest BCUT2D eigenvalue weighted by Gasteiger charge is -2.09. The van der Waals surface area contributed by atoms with Gasteiger partial charge in [0.2, 0.25) is 0 Å². The Kier molecular flexibility index (Phi) is 6.33. The van der Waals surface area contributed by atoms with Gasteiger partial charge in [-0.1, -0.05) is 23.7 Å². The fourth-order valence-corrected chi connectivity index (χ4v) is 2.84. The van der Waals surface area contributed by atoms with Gasteiger partial charge in [-0.2, -0.15) is 0 Å². The Morgan fingerprint density at radius 2 is 2.36 bits per heavy atom. The molecule has 2 aromatic rings. The lowest BCUT2D eigenvalue weighted by atomic mass is 10.2. The van der Waals surface area contributed by atoms with Crippen LogP contribution in [0, 0.1) is 0 Å². The van der Waals surface area contributed by atoms with Gasteiger partial charge in [0.1, 0.15) is 10.7 Å². The van der Waals surface area contributed by atoms with Crippen molar-refractivity contribution < 1.29 is 14.6 Å². The first-order chi connectivity index (χ1) is 10.6. The predicted octanol–water partition coefficient (Wildman–Crippen LogP) is 2.59. The highest BCUT2D eigenvalue weighted by molar-refractivity contribution is 7.13. The molecule has 22 heavy (non-hydrogen) atoms. The van der Waals surface area contributed by atoms with E-state index in [-0.39, 0.29) is 12.5 Å². The van der Waals surface area contributed by atoms with Gasteiger partial charge in [-0.05, 0) is 18.6 Å². The minimum Gasteiger partial charge on any atom is -0.391 e. The summed E-state index contributed by atoms with van der Waals surface area (Å²) < 4.78 is 4.82. The molecule has 0 radical (unpaired) electrons. The summed E-state index contributed by atoms with van der Waals surface area (Å²) in [5.74, 6) is -0.255. The van der Waals surface area contributed by atoms with Crippen molar-refractivity contribution in [3.63, 3.8) is 0 Å². The number of benzene rings is 1. The maximum atomic E-state index is 12.0. The molecule has 1 heterocycles. The first kappa shape index (κ1) is 16.9. The Morgan fingerprint density at radius 1 is 1.55 bits per heavy atom. The molecule has 0 bridgehead atoms. The molecule has 1 aromatic heterocycles. The van der Waals surface area contributed by atoms with Gasteiger partial charge in [0.25, 0.3) is 5.91 Å². The average Bonchev–Trinajstić information content (AvgIpc) is 2.97. The Bertz CT molecular complexity index is 633. The van der Waals surface area contributed by atoms with E-state index in [4.69, 9.17) is 16.3 Å². The quantitative estimate of drug-likeness (QED) is 0.812. The second-order valence-corrected chi connectivity index (χ2v) is 6.00. The molecule has 1 unspecified atom stereocenters. The summed E-state index contributed by atoms with van der Waals surface area (Å²) in [5, 5.41) is 15.3. The number of amides is 1. The van der Waals surface area contributed by atoms with Crippen LogP contribution in [0.3, 0.4) is 0 Å². The molecule has 1 aromatic carbocycles. The van der Waals surface area contributed by atoms with Crippen molar-refractivity contribution >= 4 is 28.8 Å². The maximum Gasteiger partial charge on any atom is 0.270 e. The average molecular weight is 341 g/mol. The first-order valence-electron chi connectivity index (χ1n) is 6.77. The molecule has 0 saturated heterocycles. The Labute approximate surface area is 137 Å². The third kappa shape index (κ3) is 4.78. The van der Waals surface area contributed by atoms with Crippen molar-refractivity contribution in [1.82, 2.24) is 10.3 Å². The molecule has 0 spiro atoms. The molecule has 0 aliphatic rings. The van der Waals surface area contributed by atoms with Crippen LogP contribution in [0.25, 0.3) is 10.6 Å². The number of halogens is 1. The summed E-state index contributed by atoms with van der Waals surface area (Å²) in [7, 11) is 1.52. The maximum absolute atomic E-state index is 12.0. The highest BCUT2D eigenvalue weighted by Gasteiger charge is 2.12. The summed E-state index contributed by atoms with van der Waals surface area (Å²) in [5.41, 5.74) is 1.24. The van der Waals surface area contributed by atoms with Crippen LogP contribution in [-0.2, 0) is 4.74 Å². The van der Waals surface area contributed by atoms with Gasteiger partial charge in [0.05, 0.1) is 12.7 Å². The molecule has 1 amide bonds. The Hall–Kier alpha value is -1.47. The Morgan fingerprint density at radius 3 is 3.09 bits per heavy atom. The molecule has 0 aliphatic carbocycles. The SMILES string of the molecule is COCC(O)CCNC(=O)c1csc(-c2cccc(Cl)c2)n1. The molecule has 0 fully saturated rings. The number of thiazole rings is 1. The third-order valence-corrected chi connectivity index (χ3v) is 4.06. The van der Waals surface area contributed by atoms with Crippen LogP contribution in [0.5, 0.6) is 0 Å². The number of hydrogen-bond acceptors (Lipinski definition) is 5. The minimum absolute atomic E-state index is 0.255. The number of aliphatic hydroxyl groups excluding tert-OH is 1. The number of aromatic nitrogens is 1. The van der Waals surface area contributed by atoms with Crippen LogP contribution in [0.1, 0.15) is 16.9 Å². The Balaban J connectivity index is 1.92. The normalized spacial score (nSPS) is 12.1. The molecular formula is C15H17ClN2O3S. The van der Waals surface area contributed by atoms with Gasteiger partial charge < -0.3 is 15.2 Å². The molecular weight excluding hydrogens is 324 g/mol. The van der Waals surface area contributed by atoms with Crippen molar-refractivity contribution in [3.8, 4) is 10.6 Å². The van der Waals surface area contributed by atoms with Crippen LogP contribution in [0.2, 0.25) is 5.02 Å². The summed E-state index contributed by atoms with van der Waals surface area (Å²) >= 11 is 7.34. The van der Waals surface area contributed by atoms with E-state index in [1.807, 2.05) is 18.2 Å². The van der Waals surface area contributed by atoms with E-state index in [1.54, 1.807) is 11.4 Å². The van der Waals surface area contributed by atoms with Crippen molar-refractivity contribution in [2.45, 2.75) is 12.5 Å². The van der Waals surface area contributed by atoms with Crippen LogP contribution >= 0.6 is 22.9 Å². The number of rotatable bonds is 7. The zero-order valence-electron chi connectivity index (χ0n) is 12.1. The fraction of sp³-hybridized carbons (Fsp3) is 0.333. The van der Waals surface area contributed by atoms with Crippen molar-refractivity contribution in [1.29, 1.82) is 0 Å². The van der Waals surface area contributed by atoms with Gasteiger partial charge in [0, 0.05) is 29.6 Å². The number of carbonyl (C=O) groups is 1. The van der Waals surface area contributed by atoms with E-state index >= 15 is 0 Å². The van der Waals surface area contributed by atoms with Crippen LogP contribution in [-0.4, -0.2) is 42.4 Å². The highest BCUT2D eigenvalue weighted by Crippen LogP contribution is 2.25. The van der Waals surface area contributed by atoms with Crippen LogP contribution in [0.15, 0.2) is 29.6 Å². The van der Waals surface area contributed by atoms with Gasteiger partial charge in [-0.25, -0.2) is 4.98 Å². The van der Waals surface area contributed by atoms with Crippen molar-refractivity contribution in [2.24, 2.45) is 0 Å². The number of hydrogen-bond donors (Lipinski definition) is 2. The number of ether oxygens (including phenoxy) is 1. The van der Waals surface area contributed by atoms with Gasteiger partial charge in [-0.3, -0.25) is 4.79 Å². The number of methoxy groups -OCH3 is 1. The van der Waals surface area contributed by atoms with E-state index in [9.17, 15) is 9.90 Å². The van der Waals surface area contributed by atoms with E-state index < -0.39 is 6.10 Å². The largest absolute Gasteiger partial charge is 0.391 e. The monoisotopic (exact) mass is 340 g/mol. The van der Waals surface area contributed by atoms with Crippen LogP contribution in [0.4, 0.5) is 0 Å². The lowest BCUT2D eigenvalue weighted by Crippen LogP contribution is -2.28. The molecule has 5 nitrogen and oxygen atoms in total. The van der Waals surface area contributed by atoms with E-state index in [0.717, 1.165) is 10.6 Å². The molecule has 7 heteroatoms. The van der Waals surface area contributed by atoms with Crippen molar-refractivity contribution in [2.75, 3.05) is 20.3 Å². The van der Waals surface area contributed by atoms with Crippen LogP contribution < -0.4 is 5.32 Å². The van der Waals surface area contributed by atoms with E-state index in [0.29, 0.717) is 23.7 Å². The van der Waals surface area contributed by atoms with E-state index in [1.165, 1.54) is 18.4 Å². The molecule has 1 atom stereocenters. The summed E-state index contributed by atoms with van der Waals surface area (Å²) in [6.45, 7) is 0.624. The summed E-state index contributed by atoms with van der Waals surface area (Å²) in [6.07, 6.45) is -0.145. The first-order valence-corrected chi connectivity index (χ1v) is 8.02. The molecule has 0 saturated carbocycles. The summed E-state index contributed by atoms with van der Waals surface area (Å²) in [4.78, 5) is 16.3. The fourth-order valence-electron chi connectivity index (χ4n) is 1.85. The van der Waals surface area contributed by atoms with Gasteiger partial charge in [-0.15, -0.1) is 11.3 Å². The van der Waals surface area contributed by atoms with Crippen molar-refractivity contribution in [3.05, 3.63) is 40.4 Å². The molecule has 118 valence electrons. The predicted molar refractivity (Wildman–Crippen MR) is 87.4 cm³/mol. The topological polar surface area (TPSA) is 71.5 Å². The molecule has 2 N–H and O–H groups in total. The highest BCUT2D eigenvalue weighted by atomic mass is 35.5. The molecule has 0 aliphatic heterocycles. The smallest absolute Gasteiger partial charge is 0.270 e. The zero-order chi connectivity index (χ0) is 15.9. The molecule has 2 rings (SSSR count). The van der Waals surface area contributed by atoms with Gasteiger partial charge >= 0.3 is 0 Å². The summed E-state index contributed by atoms with van der Waals surface area (Å²) in [6, 6.07) is 7.34. The standard InChI is InChI=1S/C15H17ClN2O3S/c1-21-8-12(19)5-6-17-14(20)13-9-22-15(18-13)10-3-2-4-11(16)7-10/h2-4,7,9,12,19H,5-6,8H2,1H3,(H,17,20). The number of carbonyl (C=O) groups excluding carboxylic acids is 1. The van der Waals surface area contributed by atoms with E-state index in [2.05, 4.69) is 10.3 Å². The minimum atomic E-state index is -0.581. The van der Waals surface area contributed by atoms with Gasteiger partial charge in [0.15, 0.2) is 0 Å². The third-order valence-electron chi connectivity index (χ3n) is 2.93. The number of nitrogens with one attached hydrogen (secondary N) is 1. The number of nitrogens with zero attached hydrogens (tertiary/aromatic N) is 1.